The third-order valence-electron chi connectivity index (χ3n) is 4.12. The van der Waals surface area contributed by atoms with Gasteiger partial charge < -0.3 is 9.55 Å². The van der Waals surface area contributed by atoms with Crippen LogP contribution < -0.4 is 0 Å². The molecule has 0 spiro atoms. The average Bonchev–Trinajstić information content (AvgIpc) is 3.21. The Morgan fingerprint density at radius 3 is 2.52 bits per heavy atom. The molecule has 1 N–H and O–H groups in total. The van der Waals surface area contributed by atoms with Gasteiger partial charge in [-0.05, 0) is 18.2 Å². The van der Waals surface area contributed by atoms with Gasteiger partial charge in [0.15, 0.2) is 5.65 Å². The van der Waals surface area contributed by atoms with Crippen molar-refractivity contribution >= 4 is 33.1 Å². The van der Waals surface area contributed by atoms with Crippen molar-refractivity contribution in [1.29, 1.82) is 0 Å². The van der Waals surface area contributed by atoms with Crippen LogP contribution in [0.2, 0.25) is 0 Å². The minimum absolute atomic E-state index is 0.643. The van der Waals surface area contributed by atoms with Gasteiger partial charge in [-0.25, -0.2) is 15.0 Å². The fourth-order valence-corrected chi connectivity index (χ4v) is 3.08. The van der Waals surface area contributed by atoms with Gasteiger partial charge in [-0.1, -0.05) is 30.3 Å². The van der Waals surface area contributed by atoms with E-state index >= 15 is 0 Å². The van der Waals surface area contributed by atoms with Crippen molar-refractivity contribution in [1.82, 2.24) is 24.5 Å². The van der Waals surface area contributed by atoms with Crippen LogP contribution in [0.15, 0.2) is 60.9 Å². The summed E-state index contributed by atoms with van der Waals surface area (Å²) in [4.78, 5) is 17.2. The molecule has 0 fully saturated rings. The van der Waals surface area contributed by atoms with Gasteiger partial charge in [0.1, 0.15) is 11.3 Å². The van der Waals surface area contributed by atoms with Gasteiger partial charge in [0.25, 0.3) is 0 Å². The smallest absolute Gasteiger partial charge is 0.160 e. The summed E-state index contributed by atoms with van der Waals surface area (Å²) < 4.78 is 2.17. The zero-order chi connectivity index (χ0) is 15.2. The molecule has 0 saturated carbocycles. The molecule has 2 aromatic carbocycles. The number of fused-ring (bicyclic) bond motifs is 4. The summed E-state index contributed by atoms with van der Waals surface area (Å²) >= 11 is 0. The highest BCUT2D eigenvalue weighted by atomic mass is 15.1. The third kappa shape index (κ3) is 1.83. The number of nitrogens with one attached hydrogen (secondary N) is 1. The SMILES string of the molecule is c1ccc2nc3c(nc2c1)c1ccccc1n3Cc1ncc[nH]1. The number of aromatic amines is 1. The Morgan fingerprint density at radius 1 is 0.913 bits per heavy atom. The lowest BCUT2D eigenvalue weighted by molar-refractivity contribution is 0.803. The van der Waals surface area contributed by atoms with Gasteiger partial charge in [0.2, 0.25) is 0 Å². The first-order valence-corrected chi connectivity index (χ1v) is 7.52. The van der Waals surface area contributed by atoms with E-state index in [0.29, 0.717) is 6.54 Å². The quantitative estimate of drug-likeness (QED) is 0.542. The molecule has 0 bridgehead atoms. The lowest BCUT2D eigenvalue weighted by Gasteiger charge is -2.04. The van der Waals surface area contributed by atoms with E-state index in [-0.39, 0.29) is 0 Å². The van der Waals surface area contributed by atoms with Crippen LogP contribution in [0, 0.1) is 0 Å². The van der Waals surface area contributed by atoms with E-state index in [1.165, 1.54) is 0 Å². The Labute approximate surface area is 131 Å². The van der Waals surface area contributed by atoms with Crippen LogP contribution in [0.25, 0.3) is 33.1 Å². The molecule has 0 aliphatic carbocycles. The van der Waals surface area contributed by atoms with E-state index in [4.69, 9.17) is 9.97 Å². The maximum atomic E-state index is 4.85. The summed E-state index contributed by atoms with van der Waals surface area (Å²) in [5.74, 6) is 0.905. The van der Waals surface area contributed by atoms with Crippen LogP contribution in [0.4, 0.5) is 0 Å². The summed E-state index contributed by atoms with van der Waals surface area (Å²) in [7, 11) is 0. The Balaban J connectivity index is 1.90. The second kappa shape index (κ2) is 4.64. The molecule has 5 nitrogen and oxygen atoms in total. The first-order valence-electron chi connectivity index (χ1n) is 7.52. The predicted molar refractivity (Wildman–Crippen MR) is 90.2 cm³/mol. The number of aromatic nitrogens is 5. The topological polar surface area (TPSA) is 59.4 Å². The van der Waals surface area contributed by atoms with Crippen molar-refractivity contribution in [3.8, 4) is 0 Å². The number of benzene rings is 2. The number of hydrogen-bond donors (Lipinski definition) is 1. The van der Waals surface area contributed by atoms with Crippen molar-refractivity contribution in [2.75, 3.05) is 0 Å². The normalized spacial score (nSPS) is 11.7. The van der Waals surface area contributed by atoms with E-state index in [0.717, 1.165) is 38.9 Å². The van der Waals surface area contributed by atoms with Crippen LogP contribution in [0.1, 0.15) is 5.82 Å². The van der Waals surface area contributed by atoms with Gasteiger partial charge in [-0.2, -0.15) is 0 Å². The lowest BCUT2D eigenvalue weighted by Crippen LogP contribution is -2.02. The van der Waals surface area contributed by atoms with Crippen molar-refractivity contribution in [3.05, 3.63) is 66.7 Å². The lowest BCUT2D eigenvalue weighted by atomic mass is 10.2. The minimum atomic E-state index is 0.643. The highest BCUT2D eigenvalue weighted by Crippen LogP contribution is 2.28. The van der Waals surface area contributed by atoms with Crippen LogP contribution in [0.3, 0.4) is 0 Å². The summed E-state index contributed by atoms with van der Waals surface area (Å²) in [6.07, 6.45) is 3.61. The number of nitrogens with zero attached hydrogens (tertiary/aromatic N) is 4. The molecule has 3 aromatic heterocycles. The maximum Gasteiger partial charge on any atom is 0.160 e. The zero-order valence-corrected chi connectivity index (χ0v) is 12.3. The van der Waals surface area contributed by atoms with E-state index < -0.39 is 0 Å². The number of hydrogen-bond acceptors (Lipinski definition) is 3. The van der Waals surface area contributed by atoms with Gasteiger partial charge in [0, 0.05) is 17.8 Å². The molecular weight excluding hydrogens is 286 g/mol. The second-order valence-electron chi connectivity index (χ2n) is 5.52. The molecule has 0 amide bonds. The number of rotatable bonds is 2. The molecular formula is C18H13N5. The third-order valence-corrected chi connectivity index (χ3v) is 4.12. The Morgan fingerprint density at radius 2 is 1.70 bits per heavy atom. The van der Waals surface area contributed by atoms with Crippen LogP contribution in [-0.4, -0.2) is 24.5 Å². The van der Waals surface area contributed by atoms with Crippen molar-refractivity contribution in [3.63, 3.8) is 0 Å². The molecule has 5 aromatic rings. The van der Waals surface area contributed by atoms with Crippen molar-refractivity contribution in [2.45, 2.75) is 6.54 Å². The largest absolute Gasteiger partial charge is 0.347 e. The van der Waals surface area contributed by atoms with Crippen molar-refractivity contribution < 1.29 is 0 Å². The molecule has 0 aliphatic heterocycles. The molecule has 5 heteroatoms. The van der Waals surface area contributed by atoms with Crippen LogP contribution in [-0.2, 0) is 6.54 Å². The molecule has 0 atom stereocenters. The van der Waals surface area contributed by atoms with Gasteiger partial charge in [0.05, 0.1) is 23.1 Å². The molecule has 23 heavy (non-hydrogen) atoms. The highest BCUT2D eigenvalue weighted by Gasteiger charge is 2.14. The van der Waals surface area contributed by atoms with Crippen LogP contribution in [0.5, 0.6) is 0 Å². The summed E-state index contributed by atoms with van der Waals surface area (Å²) in [5.41, 5.74) is 4.77. The first kappa shape index (κ1) is 12.3. The molecule has 3 heterocycles. The van der Waals surface area contributed by atoms with Crippen molar-refractivity contribution in [2.24, 2.45) is 0 Å². The van der Waals surface area contributed by atoms with Gasteiger partial charge in [-0.15, -0.1) is 0 Å². The van der Waals surface area contributed by atoms with Gasteiger partial charge >= 0.3 is 0 Å². The second-order valence-corrected chi connectivity index (χ2v) is 5.52. The molecule has 0 unspecified atom stereocenters. The van der Waals surface area contributed by atoms with Crippen LogP contribution >= 0.6 is 0 Å². The first-order chi connectivity index (χ1) is 11.4. The molecule has 0 aliphatic rings. The Kier molecular flexibility index (Phi) is 2.49. The molecule has 110 valence electrons. The summed E-state index contributed by atoms with van der Waals surface area (Å²) in [6, 6.07) is 16.3. The van der Waals surface area contributed by atoms with E-state index in [9.17, 15) is 0 Å². The van der Waals surface area contributed by atoms with E-state index in [1.807, 2.05) is 42.6 Å². The number of imidazole rings is 1. The number of H-pyrrole nitrogens is 1. The van der Waals surface area contributed by atoms with Gasteiger partial charge in [-0.3, -0.25) is 0 Å². The fourth-order valence-electron chi connectivity index (χ4n) is 3.08. The van der Waals surface area contributed by atoms with E-state index in [1.54, 1.807) is 6.20 Å². The summed E-state index contributed by atoms with van der Waals surface area (Å²) in [6.45, 7) is 0.643. The highest BCUT2D eigenvalue weighted by molar-refractivity contribution is 6.06. The Hall–Kier alpha value is -3.21. The summed E-state index contributed by atoms with van der Waals surface area (Å²) in [5, 5.41) is 1.12. The molecule has 0 radical (unpaired) electrons. The monoisotopic (exact) mass is 299 g/mol. The maximum absolute atomic E-state index is 4.85. The predicted octanol–water partition coefficient (Wildman–Crippen LogP) is 3.51. The molecule has 5 rings (SSSR count). The fraction of sp³-hybridized carbons (Fsp3) is 0.0556. The average molecular weight is 299 g/mol. The zero-order valence-electron chi connectivity index (χ0n) is 12.3. The standard InChI is InChI=1S/C18H13N5/c1-4-8-15-12(5-1)17-18(23(15)11-16-19-9-10-20-16)22-14-7-3-2-6-13(14)21-17/h1-10H,11H2,(H,19,20). The Bertz CT molecular complexity index is 1140. The number of para-hydroxylation sites is 3. The minimum Gasteiger partial charge on any atom is -0.347 e. The molecule has 0 saturated heterocycles. The van der Waals surface area contributed by atoms with E-state index in [2.05, 4.69) is 26.7 Å².